The minimum Gasteiger partial charge on any atom is -0.497 e. The molecule has 0 spiro atoms. The number of benzene rings is 1. The summed E-state index contributed by atoms with van der Waals surface area (Å²) < 4.78 is 10.2. The van der Waals surface area contributed by atoms with Gasteiger partial charge in [-0.1, -0.05) is 17.3 Å². The van der Waals surface area contributed by atoms with Crippen molar-refractivity contribution in [2.24, 2.45) is 0 Å². The van der Waals surface area contributed by atoms with Gasteiger partial charge in [0.25, 0.3) is 5.91 Å². The molecule has 0 aliphatic heterocycles. The zero-order valence-electron chi connectivity index (χ0n) is 14.7. The van der Waals surface area contributed by atoms with Crippen LogP contribution in [-0.2, 0) is 6.42 Å². The second-order valence-electron chi connectivity index (χ2n) is 5.77. The van der Waals surface area contributed by atoms with Crippen LogP contribution >= 0.6 is 0 Å². The van der Waals surface area contributed by atoms with Crippen LogP contribution in [0.4, 0.5) is 11.5 Å². The van der Waals surface area contributed by atoms with Crippen molar-refractivity contribution in [2.45, 2.75) is 13.3 Å². The number of amides is 1. The lowest BCUT2D eigenvalue weighted by Crippen LogP contribution is -2.25. The Morgan fingerprint density at radius 1 is 1.23 bits per heavy atom. The van der Waals surface area contributed by atoms with Gasteiger partial charge in [0.15, 0.2) is 5.82 Å². The molecule has 7 nitrogen and oxygen atoms in total. The minimum atomic E-state index is -0.180. The van der Waals surface area contributed by atoms with Crippen molar-refractivity contribution in [3.63, 3.8) is 0 Å². The first-order chi connectivity index (χ1) is 12.6. The number of methoxy groups -OCH3 is 1. The van der Waals surface area contributed by atoms with Crippen LogP contribution in [0, 0.1) is 6.92 Å². The van der Waals surface area contributed by atoms with E-state index in [4.69, 9.17) is 9.26 Å². The van der Waals surface area contributed by atoms with Crippen molar-refractivity contribution >= 4 is 17.4 Å². The van der Waals surface area contributed by atoms with Gasteiger partial charge in [-0.05, 0) is 37.1 Å². The topological polar surface area (TPSA) is 89.3 Å². The van der Waals surface area contributed by atoms with E-state index in [0.717, 1.165) is 11.3 Å². The highest BCUT2D eigenvalue weighted by molar-refractivity contribution is 5.94. The average molecular weight is 352 g/mol. The monoisotopic (exact) mass is 352 g/mol. The number of rotatable bonds is 7. The summed E-state index contributed by atoms with van der Waals surface area (Å²) >= 11 is 0. The predicted octanol–water partition coefficient (Wildman–Crippen LogP) is 3.10. The third-order valence-electron chi connectivity index (χ3n) is 3.73. The van der Waals surface area contributed by atoms with E-state index in [0.29, 0.717) is 35.8 Å². The second-order valence-corrected chi connectivity index (χ2v) is 5.77. The third-order valence-corrected chi connectivity index (χ3v) is 3.73. The summed E-state index contributed by atoms with van der Waals surface area (Å²) in [6, 6.07) is 11.3. The largest absolute Gasteiger partial charge is 0.497 e. The number of nitrogens with one attached hydrogen (secondary N) is 2. The quantitative estimate of drug-likeness (QED) is 0.679. The van der Waals surface area contributed by atoms with Crippen LogP contribution in [0.5, 0.6) is 5.75 Å². The Balaban J connectivity index is 1.56. The molecule has 0 radical (unpaired) electrons. The number of hydrogen-bond acceptors (Lipinski definition) is 6. The van der Waals surface area contributed by atoms with Crippen LogP contribution in [0.3, 0.4) is 0 Å². The molecule has 26 heavy (non-hydrogen) atoms. The molecule has 134 valence electrons. The Labute approximate surface area is 151 Å². The lowest BCUT2D eigenvalue weighted by molar-refractivity contribution is 0.0954. The van der Waals surface area contributed by atoms with Crippen LogP contribution in [-0.4, -0.2) is 29.7 Å². The van der Waals surface area contributed by atoms with E-state index in [9.17, 15) is 4.79 Å². The summed E-state index contributed by atoms with van der Waals surface area (Å²) in [6.07, 6.45) is 3.86. The Morgan fingerprint density at radius 2 is 2.12 bits per heavy atom. The maximum atomic E-state index is 12.3. The number of hydrogen-bond donors (Lipinski definition) is 2. The summed E-state index contributed by atoms with van der Waals surface area (Å²) in [7, 11) is 1.63. The highest BCUT2D eigenvalue weighted by Crippen LogP contribution is 2.16. The third kappa shape index (κ3) is 4.60. The smallest absolute Gasteiger partial charge is 0.252 e. The van der Waals surface area contributed by atoms with Crippen LogP contribution < -0.4 is 15.4 Å². The highest BCUT2D eigenvalue weighted by atomic mass is 16.5. The Hall–Kier alpha value is -3.35. The number of carbonyl (C=O) groups excluding carboxylic acids is 1. The summed E-state index contributed by atoms with van der Waals surface area (Å²) in [5.74, 6) is 1.90. The molecule has 3 rings (SSSR count). The van der Waals surface area contributed by atoms with Crippen molar-refractivity contribution in [1.82, 2.24) is 15.5 Å². The van der Waals surface area contributed by atoms with Crippen LogP contribution in [0.1, 0.15) is 21.7 Å². The lowest BCUT2D eigenvalue weighted by atomic mass is 10.1. The highest BCUT2D eigenvalue weighted by Gasteiger charge is 2.08. The zero-order chi connectivity index (χ0) is 18.4. The first-order valence-corrected chi connectivity index (χ1v) is 8.20. The lowest BCUT2D eigenvalue weighted by Gasteiger charge is -2.08. The van der Waals surface area contributed by atoms with Crippen molar-refractivity contribution in [2.75, 3.05) is 19.0 Å². The molecular weight excluding hydrogens is 332 g/mol. The van der Waals surface area contributed by atoms with Gasteiger partial charge in [-0.3, -0.25) is 9.78 Å². The maximum Gasteiger partial charge on any atom is 0.252 e. The van der Waals surface area contributed by atoms with Crippen LogP contribution in [0.15, 0.2) is 53.3 Å². The number of nitrogens with zero attached hydrogens (tertiary/aromatic N) is 2. The van der Waals surface area contributed by atoms with E-state index in [1.165, 1.54) is 6.20 Å². The molecule has 0 saturated carbocycles. The molecule has 0 unspecified atom stereocenters. The molecule has 2 aromatic heterocycles. The molecule has 0 saturated heterocycles. The normalized spacial score (nSPS) is 10.4. The fourth-order valence-corrected chi connectivity index (χ4v) is 2.46. The maximum absolute atomic E-state index is 12.3. The molecule has 1 aromatic carbocycles. The fraction of sp³-hybridized carbons (Fsp3) is 0.211. The van der Waals surface area contributed by atoms with E-state index >= 15 is 0 Å². The standard InChI is InChI=1S/C19H20N4O3/c1-13-8-18(23-26-13)22-16-10-15(11-20-12-16)19(24)21-7-6-14-4-3-5-17(9-14)25-2/h3-5,8-12H,6-7H2,1-2H3,(H,21,24)(H,22,23). The molecule has 0 aliphatic carbocycles. The second kappa shape index (κ2) is 8.15. The first-order valence-electron chi connectivity index (χ1n) is 8.20. The summed E-state index contributed by atoms with van der Waals surface area (Å²) in [5, 5.41) is 9.81. The Kier molecular flexibility index (Phi) is 5.48. The van der Waals surface area contributed by atoms with E-state index in [2.05, 4.69) is 20.8 Å². The molecule has 7 heteroatoms. The molecule has 2 heterocycles. The number of carbonyl (C=O) groups is 1. The molecule has 3 aromatic rings. The summed E-state index contributed by atoms with van der Waals surface area (Å²) in [6.45, 7) is 2.33. The first kappa shape index (κ1) is 17.5. The van der Waals surface area contributed by atoms with E-state index in [1.54, 1.807) is 25.4 Å². The molecule has 0 aliphatic rings. The van der Waals surface area contributed by atoms with Crippen molar-refractivity contribution < 1.29 is 14.1 Å². The minimum absolute atomic E-state index is 0.180. The van der Waals surface area contributed by atoms with Gasteiger partial charge in [0.2, 0.25) is 0 Å². The molecule has 0 fully saturated rings. The van der Waals surface area contributed by atoms with Gasteiger partial charge in [0.1, 0.15) is 11.5 Å². The van der Waals surface area contributed by atoms with E-state index in [1.807, 2.05) is 31.2 Å². The number of aryl methyl sites for hydroxylation is 1. The van der Waals surface area contributed by atoms with Gasteiger partial charge in [-0.25, -0.2) is 0 Å². The van der Waals surface area contributed by atoms with Gasteiger partial charge in [0, 0.05) is 18.8 Å². The predicted molar refractivity (Wildman–Crippen MR) is 97.8 cm³/mol. The number of anilines is 2. The average Bonchev–Trinajstić information content (AvgIpc) is 3.06. The Morgan fingerprint density at radius 3 is 2.88 bits per heavy atom. The van der Waals surface area contributed by atoms with Crippen molar-refractivity contribution in [3.05, 3.63) is 65.7 Å². The summed E-state index contributed by atoms with van der Waals surface area (Å²) in [5.41, 5.74) is 2.24. The van der Waals surface area contributed by atoms with Gasteiger partial charge in [-0.2, -0.15) is 0 Å². The molecule has 1 amide bonds. The number of pyridine rings is 1. The van der Waals surface area contributed by atoms with Crippen LogP contribution in [0.25, 0.3) is 0 Å². The van der Waals surface area contributed by atoms with Crippen molar-refractivity contribution in [3.8, 4) is 5.75 Å². The van der Waals surface area contributed by atoms with Crippen molar-refractivity contribution in [1.29, 1.82) is 0 Å². The fourth-order valence-electron chi connectivity index (χ4n) is 2.46. The number of ether oxygens (including phenoxy) is 1. The molecule has 0 bridgehead atoms. The molecular formula is C19H20N4O3. The Bertz CT molecular complexity index is 892. The van der Waals surface area contributed by atoms with Gasteiger partial charge < -0.3 is 19.9 Å². The molecule has 2 N–H and O–H groups in total. The summed E-state index contributed by atoms with van der Waals surface area (Å²) in [4.78, 5) is 16.4. The van der Waals surface area contributed by atoms with E-state index < -0.39 is 0 Å². The van der Waals surface area contributed by atoms with Gasteiger partial charge >= 0.3 is 0 Å². The SMILES string of the molecule is COc1cccc(CCNC(=O)c2cncc(Nc3cc(C)on3)c2)c1. The molecule has 0 atom stereocenters. The zero-order valence-corrected chi connectivity index (χ0v) is 14.7. The van der Waals surface area contributed by atoms with Gasteiger partial charge in [0.05, 0.1) is 24.6 Å². The number of aromatic nitrogens is 2. The van der Waals surface area contributed by atoms with E-state index in [-0.39, 0.29) is 5.91 Å². The van der Waals surface area contributed by atoms with Gasteiger partial charge in [-0.15, -0.1) is 0 Å². The van der Waals surface area contributed by atoms with Crippen LogP contribution in [0.2, 0.25) is 0 Å².